The third-order valence-electron chi connectivity index (χ3n) is 3.04. The Morgan fingerprint density at radius 1 is 1.05 bits per heavy atom. The molecule has 0 aliphatic rings. The van der Waals surface area contributed by atoms with Gasteiger partial charge in [0, 0.05) is 22.2 Å². The molecule has 0 amide bonds. The Morgan fingerprint density at radius 3 is 2.52 bits per heavy atom. The van der Waals surface area contributed by atoms with Gasteiger partial charge in [0.1, 0.15) is 5.69 Å². The number of carbonyl (C=O) groups is 1. The molecule has 0 unspecified atom stereocenters. The number of nitrogens with zero attached hydrogens (tertiary/aromatic N) is 1. The Kier molecular flexibility index (Phi) is 3.46. The smallest absolute Gasteiger partial charge is 0.335 e. The Morgan fingerprint density at radius 2 is 1.81 bits per heavy atom. The quantitative estimate of drug-likeness (QED) is 0.780. The molecule has 1 heterocycles. The molecule has 0 aliphatic carbocycles. The second-order valence-corrected chi connectivity index (χ2v) is 4.91. The second-order valence-electron chi connectivity index (χ2n) is 4.47. The lowest BCUT2D eigenvalue weighted by molar-refractivity contribution is 0.0697. The van der Waals surface area contributed by atoms with E-state index in [-0.39, 0.29) is 5.56 Å². The lowest BCUT2D eigenvalue weighted by Gasteiger charge is -1.97. The number of carboxylic acid groups (broad SMARTS) is 1. The topological polar surface area (TPSA) is 63.3 Å². The van der Waals surface area contributed by atoms with Crippen molar-refractivity contribution in [3.63, 3.8) is 0 Å². The molecule has 1 N–H and O–H groups in total. The first-order valence-electron chi connectivity index (χ1n) is 6.20. The van der Waals surface area contributed by atoms with Crippen LogP contribution in [0.3, 0.4) is 0 Å². The molecule has 0 bridgehead atoms. The van der Waals surface area contributed by atoms with Gasteiger partial charge < -0.3 is 9.63 Å². The summed E-state index contributed by atoms with van der Waals surface area (Å²) in [6, 6.07) is 15.5. The van der Waals surface area contributed by atoms with Gasteiger partial charge in [-0.2, -0.15) is 0 Å². The van der Waals surface area contributed by atoms with E-state index < -0.39 is 5.97 Å². The molecule has 2 aromatic carbocycles. The average Bonchev–Trinajstić information content (AvgIpc) is 2.98. The van der Waals surface area contributed by atoms with Crippen molar-refractivity contribution in [3.8, 4) is 22.6 Å². The van der Waals surface area contributed by atoms with Crippen LogP contribution in [0.25, 0.3) is 22.6 Å². The third-order valence-corrected chi connectivity index (χ3v) is 3.30. The Bertz CT molecular complexity index is 793. The van der Waals surface area contributed by atoms with Gasteiger partial charge in [-0.05, 0) is 36.4 Å². The van der Waals surface area contributed by atoms with E-state index in [4.69, 9.17) is 21.2 Å². The maximum Gasteiger partial charge on any atom is 0.335 e. The first-order valence-corrected chi connectivity index (χ1v) is 6.58. The molecule has 1 aromatic heterocycles. The van der Waals surface area contributed by atoms with Crippen molar-refractivity contribution in [2.45, 2.75) is 0 Å². The van der Waals surface area contributed by atoms with Crippen LogP contribution in [0.15, 0.2) is 59.1 Å². The molecule has 0 atom stereocenters. The Labute approximate surface area is 125 Å². The van der Waals surface area contributed by atoms with Gasteiger partial charge in [0.2, 0.25) is 0 Å². The Balaban J connectivity index is 1.96. The van der Waals surface area contributed by atoms with E-state index in [0.717, 1.165) is 5.56 Å². The minimum atomic E-state index is -0.974. The van der Waals surface area contributed by atoms with Crippen LogP contribution in [0.5, 0.6) is 0 Å². The lowest BCUT2D eigenvalue weighted by atomic mass is 10.1. The molecule has 0 aliphatic heterocycles. The highest BCUT2D eigenvalue weighted by Gasteiger charge is 2.10. The zero-order valence-electron chi connectivity index (χ0n) is 10.8. The van der Waals surface area contributed by atoms with E-state index in [9.17, 15) is 4.79 Å². The third kappa shape index (κ3) is 2.80. The monoisotopic (exact) mass is 299 g/mol. The van der Waals surface area contributed by atoms with Gasteiger partial charge in [0.15, 0.2) is 5.76 Å². The lowest BCUT2D eigenvalue weighted by Crippen LogP contribution is -1.95. The van der Waals surface area contributed by atoms with Gasteiger partial charge >= 0.3 is 5.97 Å². The summed E-state index contributed by atoms with van der Waals surface area (Å²) in [5, 5.41) is 13.6. The Hall–Kier alpha value is -2.59. The highest BCUT2D eigenvalue weighted by Crippen LogP contribution is 2.27. The number of aromatic carboxylic acids is 1. The molecule has 4 nitrogen and oxygen atoms in total. The van der Waals surface area contributed by atoms with Gasteiger partial charge in [-0.3, -0.25) is 0 Å². The zero-order valence-corrected chi connectivity index (χ0v) is 11.5. The van der Waals surface area contributed by atoms with Gasteiger partial charge in [0.25, 0.3) is 0 Å². The number of aromatic nitrogens is 1. The molecule has 0 fully saturated rings. The molecular formula is C16H10ClNO3. The van der Waals surface area contributed by atoms with Gasteiger partial charge in [-0.25, -0.2) is 4.79 Å². The fourth-order valence-corrected chi connectivity index (χ4v) is 2.10. The number of rotatable bonds is 3. The average molecular weight is 300 g/mol. The van der Waals surface area contributed by atoms with Crippen molar-refractivity contribution in [1.82, 2.24) is 5.16 Å². The van der Waals surface area contributed by atoms with Crippen molar-refractivity contribution in [2.24, 2.45) is 0 Å². The van der Waals surface area contributed by atoms with Crippen LogP contribution >= 0.6 is 11.6 Å². The molecule has 0 saturated carbocycles. The molecular weight excluding hydrogens is 290 g/mol. The normalized spacial score (nSPS) is 10.5. The van der Waals surface area contributed by atoms with E-state index in [1.807, 2.05) is 12.1 Å². The van der Waals surface area contributed by atoms with Crippen LogP contribution < -0.4 is 0 Å². The number of halogens is 1. The van der Waals surface area contributed by atoms with Gasteiger partial charge in [-0.1, -0.05) is 28.9 Å². The maximum absolute atomic E-state index is 11.0. The summed E-state index contributed by atoms with van der Waals surface area (Å²) in [5.74, 6) is -0.374. The summed E-state index contributed by atoms with van der Waals surface area (Å²) in [5.41, 5.74) is 2.35. The van der Waals surface area contributed by atoms with Crippen LogP contribution in [0.4, 0.5) is 0 Å². The predicted octanol–water partition coefficient (Wildman–Crippen LogP) is 4.36. The van der Waals surface area contributed by atoms with E-state index in [1.165, 1.54) is 6.07 Å². The minimum absolute atomic E-state index is 0.212. The molecule has 21 heavy (non-hydrogen) atoms. The van der Waals surface area contributed by atoms with E-state index >= 15 is 0 Å². The highest BCUT2D eigenvalue weighted by atomic mass is 35.5. The van der Waals surface area contributed by atoms with Crippen LogP contribution in [-0.2, 0) is 0 Å². The van der Waals surface area contributed by atoms with Crippen molar-refractivity contribution in [1.29, 1.82) is 0 Å². The molecule has 104 valence electrons. The van der Waals surface area contributed by atoms with E-state index in [1.54, 1.807) is 36.4 Å². The summed E-state index contributed by atoms with van der Waals surface area (Å²) < 4.78 is 5.30. The van der Waals surface area contributed by atoms with Crippen molar-refractivity contribution < 1.29 is 14.4 Å². The van der Waals surface area contributed by atoms with Crippen LogP contribution in [0, 0.1) is 0 Å². The molecule has 3 aromatic rings. The van der Waals surface area contributed by atoms with Crippen molar-refractivity contribution >= 4 is 17.6 Å². The van der Waals surface area contributed by atoms with Gasteiger partial charge in [-0.15, -0.1) is 0 Å². The predicted molar refractivity (Wildman–Crippen MR) is 79.3 cm³/mol. The maximum atomic E-state index is 11.0. The van der Waals surface area contributed by atoms with Crippen molar-refractivity contribution in [2.75, 3.05) is 0 Å². The van der Waals surface area contributed by atoms with Crippen LogP contribution in [-0.4, -0.2) is 16.2 Å². The standard InChI is InChI=1S/C16H10ClNO3/c17-13-6-4-10(5-7-13)15-9-14(18-21-15)11-2-1-3-12(8-11)16(19)20/h1-9H,(H,19,20). The van der Waals surface area contributed by atoms with Crippen LogP contribution in [0.1, 0.15) is 10.4 Å². The summed E-state index contributed by atoms with van der Waals surface area (Å²) >= 11 is 5.85. The zero-order chi connectivity index (χ0) is 14.8. The van der Waals surface area contributed by atoms with Crippen molar-refractivity contribution in [3.05, 3.63) is 65.2 Å². The minimum Gasteiger partial charge on any atom is -0.478 e. The number of hydrogen-bond acceptors (Lipinski definition) is 3. The summed E-state index contributed by atoms with van der Waals surface area (Å²) in [6.07, 6.45) is 0. The summed E-state index contributed by atoms with van der Waals surface area (Å²) in [7, 11) is 0. The highest BCUT2D eigenvalue weighted by molar-refractivity contribution is 6.30. The van der Waals surface area contributed by atoms with E-state index in [2.05, 4.69) is 5.16 Å². The first-order chi connectivity index (χ1) is 10.1. The van der Waals surface area contributed by atoms with E-state index in [0.29, 0.717) is 22.0 Å². The molecule has 0 saturated heterocycles. The summed E-state index contributed by atoms with van der Waals surface area (Å²) in [6.45, 7) is 0. The van der Waals surface area contributed by atoms with Gasteiger partial charge in [0.05, 0.1) is 5.56 Å². The molecule has 3 rings (SSSR count). The summed E-state index contributed by atoms with van der Waals surface area (Å²) in [4.78, 5) is 11.0. The number of benzene rings is 2. The fourth-order valence-electron chi connectivity index (χ4n) is 1.97. The largest absolute Gasteiger partial charge is 0.478 e. The molecule has 0 radical (unpaired) electrons. The SMILES string of the molecule is O=C(O)c1cccc(-c2cc(-c3ccc(Cl)cc3)on2)c1. The molecule has 0 spiro atoms. The number of carboxylic acids is 1. The number of hydrogen-bond donors (Lipinski definition) is 1. The van der Waals surface area contributed by atoms with Crippen LogP contribution in [0.2, 0.25) is 5.02 Å². The molecule has 5 heteroatoms. The second kappa shape index (κ2) is 5.42. The first kappa shape index (κ1) is 13.4. The fraction of sp³-hybridized carbons (Fsp3) is 0.